The van der Waals surface area contributed by atoms with Crippen LogP contribution in [0.1, 0.15) is 32.8 Å². The molecule has 1 aliphatic rings. The molecule has 1 N–H and O–H groups in total. The highest BCUT2D eigenvalue weighted by molar-refractivity contribution is 7.86. The zero-order valence-electron chi connectivity index (χ0n) is 19.5. The number of benzene rings is 1. The molecular weight excluding hydrogens is 490 g/mol. The van der Waals surface area contributed by atoms with Crippen molar-refractivity contribution in [3.8, 4) is 0 Å². The molecule has 1 aliphatic carbocycles. The van der Waals surface area contributed by atoms with E-state index < -0.39 is 62.6 Å². The Morgan fingerprint density at radius 2 is 1.59 bits per heavy atom. The van der Waals surface area contributed by atoms with E-state index in [1.165, 1.54) is 0 Å². The maximum atomic E-state index is 13.2. The largest absolute Gasteiger partial charge is 0.478 e. The SMILES string of the molecule is CC(C)(C)OC(=O)N(Cc1ccccc1)C1C=C(C(=O)O)CC(OS(C)(=O)=O)C1OS(C)(=O)=O. The molecule has 0 aromatic heterocycles. The minimum atomic E-state index is -4.18. The van der Waals surface area contributed by atoms with E-state index in [1.54, 1.807) is 51.1 Å². The lowest BCUT2D eigenvalue weighted by Gasteiger charge is -2.40. The fourth-order valence-corrected chi connectivity index (χ4v) is 4.64. The molecule has 0 saturated carbocycles. The molecule has 1 aromatic carbocycles. The average molecular weight is 520 g/mol. The van der Waals surface area contributed by atoms with E-state index in [9.17, 15) is 31.5 Å². The van der Waals surface area contributed by atoms with Gasteiger partial charge in [0.1, 0.15) is 17.8 Å². The van der Waals surface area contributed by atoms with Gasteiger partial charge >= 0.3 is 12.1 Å². The second-order valence-electron chi connectivity index (χ2n) is 8.89. The molecule has 13 heteroatoms. The molecular formula is C21H29NO10S2. The van der Waals surface area contributed by atoms with Gasteiger partial charge in [-0.3, -0.25) is 13.3 Å². The van der Waals surface area contributed by atoms with E-state index in [0.717, 1.165) is 23.5 Å². The van der Waals surface area contributed by atoms with Crippen LogP contribution in [0.3, 0.4) is 0 Å². The van der Waals surface area contributed by atoms with Crippen LogP contribution >= 0.6 is 0 Å². The standard InChI is InChI=1S/C21H29NO10S2/c1-21(2,3)30-20(25)22(13-14-9-7-6-8-10-14)16-11-15(19(23)24)12-17(31-33(4,26)27)18(16)32-34(5,28)29/h6-11,16-18H,12-13H2,1-5H3,(H,23,24). The number of rotatable bonds is 8. The van der Waals surface area contributed by atoms with Crippen molar-refractivity contribution in [3.63, 3.8) is 0 Å². The Hall–Kier alpha value is -2.48. The molecule has 0 heterocycles. The summed E-state index contributed by atoms with van der Waals surface area (Å²) in [5, 5.41) is 9.62. The summed E-state index contributed by atoms with van der Waals surface area (Å²) in [5.74, 6) is -1.38. The van der Waals surface area contributed by atoms with Crippen LogP contribution in [0, 0.1) is 0 Å². The predicted molar refractivity (Wildman–Crippen MR) is 122 cm³/mol. The van der Waals surface area contributed by atoms with E-state index >= 15 is 0 Å². The second kappa shape index (κ2) is 10.4. The zero-order valence-corrected chi connectivity index (χ0v) is 21.1. The van der Waals surface area contributed by atoms with Crippen LogP contribution < -0.4 is 0 Å². The molecule has 190 valence electrons. The molecule has 0 saturated heterocycles. The summed E-state index contributed by atoms with van der Waals surface area (Å²) < 4.78 is 63.5. The summed E-state index contributed by atoms with van der Waals surface area (Å²) in [6.07, 6.45) is -1.79. The summed E-state index contributed by atoms with van der Waals surface area (Å²) in [4.78, 5) is 26.1. The second-order valence-corrected chi connectivity index (χ2v) is 12.1. The number of carbonyl (C=O) groups is 2. The van der Waals surface area contributed by atoms with Gasteiger partial charge in [-0.05, 0) is 32.4 Å². The van der Waals surface area contributed by atoms with Crippen molar-refractivity contribution in [2.45, 2.75) is 57.6 Å². The monoisotopic (exact) mass is 519 g/mol. The van der Waals surface area contributed by atoms with Crippen molar-refractivity contribution >= 4 is 32.3 Å². The summed E-state index contributed by atoms with van der Waals surface area (Å²) >= 11 is 0. The lowest BCUT2D eigenvalue weighted by Crippen LogP contribution is -2.55. The molecule has 34 heavy (non-hydrogen) atoms. The van der Waals surface area contributed by atoms with Gasteiger partial charge in [-0.2, -0.15) is 16.8 Å². The Labute approximate surface area is 199 Å². The van der Waals surface area contributed by atoms with E-state index in [4.69, 9.17) is 13.1 Å². The first-order valence-corrected chi connectivity index (χ1v) is 13.8. The number of ether oxygens (including phenoxy) is 1. The van der Waals surface area contributed by atoms with Gasteiger partial charge in [0.15, 0.2) is 0 Å². The molecule has 0 bridgehead atoms. The number of amides is 1. The van der Waals surface area contributed by atoms with Crippen molar-refractivity contribution in [1.82, 2.24) is 4.90 Å². The lowest BCUT2D eigenvalue weighted by atomic mass is 9.89. The minimum Gasteiger partial charge on any atom is -0.478 e. The number of nitrogens with zero attached hydrogens (tertiary/aromatic N) is 1. The Kier molecular flexibility index (Phi) is 8.51. The Morgan fingerprint density at radius 1 is 1.03 bits per heavy atom. The number of hydrogen-bond acceptors (Lipinski definition) is 9. The van der Waals surface area contributed by atoms with Gasteiger partial charge < -0.3 is 9.84 Å². The molecule has 1 aromatic rings. The fourth-order valence-electron chi connectivity index (χ4n) is 3.37. The quantitative estimate of drug-likeness (QED) is 0.504. The highest BCUT2D eigenvalue weighted by Crippen LogP contribution is 2.31. The lowest BCUT2D eigenvalue weighted by molar-refractivity contribution is -0.133. The minimum absolute atomic E-state index is 0.112. The van der Waals surface area contributed by atoms with Crippen LogP contribution in [0.15, 0.2) is 42.0 Å². The van der Waals surface area contributed by atoms with Gasteiger partial charge in [-0.15, -0.1) is 0 Å². The number of hydrogen-bond donors (Lipinski definition) is 1. The van der Waals surface area contributed by atoms with Gasteiger partial charge in [0.2, 0.25) is 0 Å². The highest BCUT2D eigenvalue weighted by Gasteiger charge is 2.45. The molecule has 0 aliphatic heterocycles. The third-order valence-corrected chi connectivity index (χ3v) is 5.71. The normalized spacial score (nSPS) is 21.4. The van der Waals surface area contributed by atoms with Crippen LogP contribution in [-0.2, 0) is 44.7 Å². The van der Waals surface area contributed by atoms with Crippen LogP contribution in [-0.4, -0.2) is 75.3 Å². The number of carboxylic acid groups (broad SMARTS) is 1. The van der Waals surface area contributed by atoms with Gasteiger partial charge in [0.05, 0.1) is 18.6 Å². The maximum absolute atomic E-state index is 13.2. The topological polar surface area (TPSA) is 154 Å². The third kappa shape index (κ3) is 8.70. The number of aliphatic carboxylic acids is 1. The Morgan fingerprint density at radius 3 is 2.06 bits per heavy atom. The van der Waals surface area contributed by atoms with Gasteiger partial charge in [-0.1, -0.05) is 30.3 Å². The van der Waals surface area contributed by atoms with Crippen molar-refractivity contribution in [3.05, 3.63) is 47.5 Å². The zero-order chi connectivity index (χ0) is 25.9. The van der Waals surface area contributed by atoms with Crippen LogP contribution in [0.2, 0.25) is 0 Å². The molecule has 0 fully saturated rings. The van der Waals surface area contributed by atoms with E-state index in [-0.39, 0.29) is 12.1 Å². The van der Waals surface area contributed by atoms with Gasteiger partial charge in [-0.25, -0.2) is 9.59 Å². The molecule has 3 atom stereocenters. The number of carbonyl (C=O) groups excluding carboxylic acids is 1. The first kappa shape index (κ1) is 27.8. The molecule has 0 radical (unpaired) electrons. The van der Waals surface area contributed by atoms with Crippen LogP contribution in [0.4, 0.5) is 4.79 Å². The number of carboxylic acids is 1. The molecule has 11 nitrogen and oxygen atoms in total. The molecule has 1 amide bonds. The van der Waals surface area contributed by atoms with E-state index in [1.807, 2.05) is 0 Å². The average Bonchev–Trinajstić information content (AvgIpc) is 2.64. The van der Waals surface area contributed by atoms with Crippen molar-refractivity contribution in [2.75, 3.05) is 12.5 Å². The summed E-state index contributed by atoms with van der Waals surface area (Å²) in [6, 6.07) is 7.27. The smallest absolute Gasteiger partial charge is 0.411 e. The first-order chi connectivity index (χ1) is 15.5. The van der Waals surface area contributed by atoms with Gasteiger partial charge in [0, 0.05) is 18.5 Å². The maximum Gasteiger partial charge on any atom is 0.411 e. The highest BCUT2D eigenvalue weighted by atomic mass is 32.2. The summed E-state index contributed by atoms with van der Waals surface area (Å²) in [6.45, 7) is 4.78. The molecule has 0 spiro atoms. The summed E-state index contributed by atoms with van der Waals surface area (Å²) in [5.41, 5.74) is -0.577. The molecule has 3 unspecified atom stereocenters. The van der Waals surface area contributed by atoms with Crippen LogP contribution in [0.25, 0.3) is 0 Å². The van der Waals surface area contributed by atoms with E-state index in [2.05, 4.69) is 0 Å². The first-order valence-electron chi connectivity index (χ1n) is 10.2. The van der Waals surface area contributed by atoms with Crippen molar-refractivity contribution in [1.29, 1.82) is 0 Å². The third-order valence-electron chi connectivity index (χ3n) is 4.54. The summed E-state index contributed by atoms with van der Waals surface area (Å²) in [7, 11) is -8.33. The van der Waals surface area contributed by atoms with Gasteiger partial charge in [0.25, 0.3) is 20.2 Å². The van der Waals surface area contributed by atoms with E-state index in [0.29, 0.717) is 5.56 Å². The Balaban J connectivity index is 2.66. The van der Waals surface area contributed by atoms with Crippen molar-refractivity contribution < 1.29 is 44.6 Å². The Bertz CT molecular complexity index is 1140. The fraction of sp³-hybridized carbons (Fsp3) is 0.524. The van der Waals surface area contributed by atoms with Crippen LogP contribution in [0.5, 0.6) is 0 Å². The predicted octanol–water partition coefficient (Wildman–Crippen LogP) is 1.90. The molecule has 2 rings (SSSR count). The van der Waals surface area contributed by atoms with Crippen molar-refractivity contribution in [2.24, 2.45) is 0 Å².